The Morgan fingerprint density at radius 1 is 1.38 bits per heavy atom. The van der Waals surface area contributed by atoms with Crippen LogP contribution in [-0.2, 0) is 7.05 Å². The van der Waals surface area contributed by atoms with Crippen LogP contribution in [-0.4, -0.2) is 30.0 Å². The summed E-state index contributed by atoms with van der Waals surface area (Å²) < 4.78 is 2.14. The van der Waals surface area contributed by atoms with Crippen molar-refractivity contribution in [1.29, 1.82) is 0 Å². The number of nitrogens with zero attached hydrogens (tertiary/aromatic N) is 1. The van der Waals surface area contributed by atoms with E-state index < -0.39 is 0 Å². The van der Waals surface area contributed by atoms with Crippen LogP contribution in [0.15, 0.2) is 24.3 Å². The molecule has 1 unspecified atom stereocenters. The summed E-state index contributed by atoms with van der Waals surface area (Å²) in [6.45, 7) is 7.27. The molecular formula is C18H25N2O+. The summed E-state index contributed by atoms with van der Waals surface area (Å²) in [5.41, 5.74) is 3.17. The van der Waals surface area contributed by atoms with E-state index in [0.29, 0.717) is 12.3 Å². The standard InChI is InChI=1S/C18H24N2O/c1-13-7-6-10-20(11-13)12-17(21)18-14(2)19(3)16-9-5-4-8-15(16)18/h4-5,8-9,13H,6-7,10-12H2,1-3H3/p+1/t13-/m1/s1. The van der Waals surface area contributed by atoms with Gasteiger partial charge in [-0.1, -0.05) is 25.1 Å². The maximum Gasteiger partial charge on any atom is 0.219 e. The SMILES string of the molecule is Cc1c(C(=O)C[NH+]2CCC[C@@H](C)C2)c2ccccc2n1C. The molecule has 1 aromatic carbocycles. The smallest absolute Gasteiger partial charge is 0.219 e. The first-order valence-electron chi connectivity index (χ1n) is 7.98. The molecule has 0 aliphatic carbocycles. The van der Waals surface area contributed by atoms with Gasteiger partial charge in [0, 0.05) is 29.6 Å². The summed E-state index contributed by atoms with van der Waals surface area (Å²) in [5.74, 6) is 1.04. The number of aromatic nitrogens is 1. The van der Waals surface area contributed by atoms with E-state index in [4.69, 9.17) is 0 Å². The Morgan fingerprint density at radius 2 is 2.14 bits per heavy atom. The average Bonchev–Trinajstić information content (AvgIpc) is 2.71. The van der Waals surface area contributed by atoms with Gasteiger partial charge in [0.15, 0.2) is 0 Å². The first-order valence-corrected chi connectivity index (χ1v) is 7.98. The van der Waals surface area contributed by atoms with Crippen molar-refractivity contribution in [2.75, 3.05) is 19.6 Å². The van der Waals surface area contributed by atoms with E-state index >= 15 is 0 Å². The number of hydrogen-bond acceptors (Lipinski definition) is 1. The average molecular weight is 285 g/mol. The van der Waals surface area contributed by atoms with Gasteiger partial charge in [-0.3, -0.25) is 4.79 Å². The molecule has 3 heteroatoms. The summed E-state index contributed by atoms with van der Waals surface area (Å²) in [5, 5.41) is 1.10. The van der Waals surface area contributed by atoms with E-state index in [-0.39, 0.29) is 0 Å². The molecule has 112 valence electrons. The number of carbonyl (C=O) groups is 1. The molecule has 1 aliphatic rings. The minimum atomic E-state index is 0.299. The number of Topliss-reactive ketones (excluding diaryl/α,β-unsaturated/α-hetero) is 1. The van der Waals surface area contributed by atoms with E-state index in [1.807, 2.05) is 19.2 Å². The number of quaternary nitrogens is 1. The second-order valence-electron chi connectivity index (χ2n) is 6.59. The van der Waals surface area contributed by atoms with Crippen LogP contribution >= 0.6 is 0 Å². The minimum absolute atomic E-state index is 0.299. The van der Waals surface area contributed by atoms with Gasteiger partial charge in [0.25, 0.3) is 0 Å². The van der Waals surface area contributed by atoms with Gasteiger partial charge in [-0.15, -0.1) is 0 Å². The Kier molecular flexibility index (Phi) is 3.85. The molecule has 2 atom stereocenters. The number of para-hydroxylation sites is 1. The van der Waals surface area contributed by atoms with Crippen molar-refractivity contribution in [3.63, 3.8) is 0 Å². The third-order valence-corrected chi connectivity index (χ3v) is 4.95. The first-order chi connectivity index (χ1) is 10.1. The lowest BCUT2D eigenvalue weighted by Crippen LogP contribution is -3.14. The third-order valence-electron chi connectivity index (χ3n) is 4.95. The first kappa shape index (κ1) is 14.3. The van der Waals surface area contributed by atoms with E-state index in [1.165, 1.54) is 17.7 Å². The molecule has 0 saturated carbocycles. The summed E-state index contributed by atoms with van der Waals surface area (Å²) in [6.07, 6.45) is 2.56. The highest BCUT2D eigenvalue weighted by molar-refractivity contribution is 6.09. The normalized spacial score (nSPS) is 22.6. The number of likely N-dealkylation sites (tertiary alicyclic amines) is 1. The number of piperidine rings is 1. The number of fused-ring (bicyclic) bond motifs is 1. The minimum Gasteiger partial charge on any atom is -0.347 e. The topological polar surface area (TPSA) is 26.4 Å². The number of nitrogens with one attached hydrogen (secondary N) is 1. The lowest BCUT2D eigenvalue weighted by molar-refractivity contribution is -0.900. The van der Waals surface area contributed by atoms with Gasteiger partial charge < -0.3 is 9.47 Å². The van der Waals surface area contributed by atoms with Crippen LogP contribution in [0, 0.1) is 12.8 Å². The number of benzene rings is 1. The predicted molar refractivity (Wildman–Crippen MR) is 85.9 cm³/mol. The van der Waals surface area contributed by atoms with Gasteiger partial charge >= 0.3 is 0 Å². The molecule has 21 heavy (non-hydrogen) atoms. The van der Waals surface area contributed by atoms with Gasteiger partial charge in [-0.05, 0) is 25.8 Å². The molecule has 1 aromatic heterocycles. The van der Waals surface area contributed by atoms with Crippen LogP contribution in [0.1, 0.15) is 35.8 Å². The second-order valence-corrected chi connectivity index (χ2v) is 6.59. The highest BCUT2D eigenvalue weighted by atomic mass is 16.1. The number of rotatable bonds is 3. The molecule has 1 saturated heterocycles. The Balaban J connectivity index is 1.89. The molecular weight excluding hydrogens is 260 g/mol. The van der Waals surface area contributed by atoms with Crippen LogP contribution < -0.4 is 4.90 Å². The molecule has 1 aliphatic heterocycles. The number of aryl methyl sites for hydroxylation is 1. The van der Waals surface area contributed by atoms with Crippen molar-refractivity contribution in [3.8, 4) is 0 Å². The summed E-state index contributed by atoms with van der Waals surface area (Å²) in [4.78, 5) is 14.3. The Hall–Kier alpha value is -1.61. The molecule has 0 amide bonds. The molecule has 1 N–H and O–H groups in total. The van der Waals surface area contributed by atoms with Crippen LogP contribution in [0.2, 0.25) is 0 Å². The summed E-state index contributed by atoms with van der Waals surface area (Å²) in [7, 11) is 2.05. The molecule has 1 fully saturated rings. The molecule has 2 aromatic rings. The van der Waals surface area contributed by atoms with Gasteiger partial charge in [0.2, 0.25) is 5.78 Å². The number of carbonyl (C=O) groups excluding carboxylic acids is 1. The van der Waals surface area contributed by atoms with Crippen molar-refractivity contribution >= 4 is 16.7 Å². The van der Waals surface area contributed by atoms with E-state index in [9.17, 15) is 4.79 Å². The molecule has 0 radical (unpaired) electrons. The molecule has 2 heterocycles. The maximum absolute atomic E-state index is 12.8. The van der Waals surface area contributed by atoms with Crippen LogP contribution in [0.4, 0.5) is 0 Å². The monoisotopic (exact) mass is 285 g/mol. The Labute approximate surface area is 126 Å². The van der Waals surface area contributed by atoms with Crippen molar-refractivity contribution in [1.82, 2.24) is 4.57 Å². The van der Waals surface area contributed by atoms with Crippen LogP contribution in [0.25, 0.3) is 10.9 Å². The third kappa shape index (κ3) is 2.62. The van der Waals surface area contributed by atoms with Crippen molar-refractivity contribution in [2.24, 2.45) is 13.0 Å². The molecule has 0 spiro atoms. The van der Waals surface area contributed by atoms with Crippen molar-refractivity contribution < 1.29 is 9.69 Å². The van der Waals surface area contributed by atoms with Crippen molar-refractivity contribution in [2.45, 2.75) is 26.7 Å². The zero-order valence-corrected chi connectivity index (χ0v) is 13.3. The fourth-order valence-electron chi connectivity index (χ4n) is 3.75. The van der Waals surface area contributed by atoms with E-state index in [1.54, 1.807) is 0 Å². The number of hydrogen-bond donors (Lipinski definition) is 1. The Bertz CT molecular complexity index is 671. The van der Waals surface area contributed by atoms with Gasteiger partial charge in [0.1, 0.15) is 6.54 Å². The lowest BCUT2D eigenvalue weighted by atomic mass is 9.99. The summed E-state index contributed by atoms with van der Waals surface area (Å²) >= 11 is 0. The quantitative estimate of drug-likeness (QED) is 0.858. The van der Waals surface area contributed by atoms with Crippen molar-refractivity contribution in [3.05, 3.63) is 35.5 Å². The van der Waals surface area contributed by atoms with Crippen LogP contribution in [0.3, 0.4) is 0 Å². The fraction of sp³-hybridized carbons (Fsp3) is 0.500. The van der Waals surface area contributed by atoms with Gasteiger partial charge in [-0.2, -0.15) is 0 Å². The largest absolute Gasteiger partial charge is 0.347 e. The second kappa shape index (κ2) is 5.64. The lowest BCUT2D eigenvalue weighted by Gasteiger charge is -2.27. The molecule has 3 nitrogen and oxygen atoms in total. The molecule has 3 rings (SSSR count). The number of ketones is 1. The predicted octanol–water partition coefficient (Wildman–Crippen LogP) is 1.98. The zero-order valence-electron chi connectivity index (χ0n) is 13.3. The Morgan fingerprint density at radius 3 is 2.90 bits per heavy atom. The highest BCUT2D eigenvalue weighted by Gasteiger charge is 2.25. The van der Waals surface area contributed by atoms with Gasteiger partial charge in [-0.25, -0.2) is 0 Å². The molecule has 0 bridgehead atoms. The zero-order chi connectivity index (χ0) is 15.0. The van der Waals surface area contributed by atoms with Crippen LogP contribution in [0.5, 0.6) is 0 Å². The van der Waals surface area contributed by atoms with E-state index in [0.717, 1.165) is 41.2 Å². The fourth-order valence-corrected chi connectivity index (χ4v) is 3.75. The maximum atomic E-state index is 12.8. The van der Waals surface area contributed by atoms with Gasteiger partial charge in [0.05, 0.1) is 18.7 Å². The van der Waals surface area contributed by atoms with E-state index in [2.05, 4.69) is 30.5 Å². The highest BCUT2D eigenvalue weighted by Crippen LogP contribution is 2.24. The summed E-state index contributed by atoms with van der Waals surface area (Å²) in [6, 6.07) is 8.22.